The van der Waals surface area contributed by atoms with Crippen LogP contribution in [0.4, 0.5) is 4.79 Å². The van der Waals surface area contributed by atoms with Crippen molar-refractivity contribution in [1.82, 2.24) is 42.5 Å². The van der Waals surface area contributed by atoms with Gasteiger partial charge in [0.2, 0.25) is 41.4 Å². The van der Waals surface area contributed by atoms with E-state index >= 15 is 0 Å². The molecule has 0 spiro atoms. The van der Waals surface area contributed by atoms with E-state index in [4.69, 9.17) is 9.47 Å². The van der Waals surface area contributed by atoms with Crippen molar-refractivity contribution < 1.29 is 52.6 Å². The van der Waals surface area contributed by atoms with Gasteiger partial charge < -0.3 is 52.0 Å². The van der Waals surface area contributed by atoms with E-state index in [0.717, 1.165) is 0 Å². The quantitative estimate of drug-likeness (QED) is 0.0726. The van der Waals surface area contributed by atoms with Crippen LogP contribution in [-0.4, -0.2) is 113 Å². The van der Waals surface area contributed by atoms with Gasteiger partial charge in [-0.25, -0.2) is 9.59 Å². The number of methoxy groups -OCH3 is 1. The number of amides is 8. The van der Waals surface area contributed by atoms with Gasteiger partial charge in [-0.15, -0.1) is 0 Å². The third-order valence-electron chi connectivity index (χ3n) is 9.18. The molecule has 0 aliphatic heterocycles. The van der Waals surface area contributed by atoms with Crippen molar-refractivity contribution in [3.05, 3.63) is 0 Å². The first-order chi connectivity index (χ1) is 27.6. The summed E-state index contributed by atoms with van der Waals surface area (Å²) in [5.41, 5.74) is -3.78. The molecule has 19 nitrogen and oxygen atoms in total. The number of hydrogen-bond acceptors (Lipinski definition) is 11. The van der Waals surface area contributed by atoms with Gasteiger partial charge in [0.15, 0.2) is 0 Å². The Morgan fingerprint density at radius 1 is 0.459 bits per heavy atom. The minimum absolute atomic E-state index is 0.0290. The monoisotopic (exact) mass is 869 g/mol. The Morgan fingerprint density at radius 2 is 0.820 bits per heavy atom. The van der Waals surface area contributed by atoms with Crippen molar-refractivity contribution in [1.29, 1.82) is 0 Å². The molecule has 350 valence electrons. The molecule has 0 fully saturated rings. The fraction of sp³-hybridized carbons (Fsp3) is 0.786. The number of esters is 1. The average Bonchev–Trinajstić information content (AvgIpc) is 3.09. The Hall–Kier alpha value is -4.97. The molecule has 0 radical (unpaired) electrons. The standard InChI is InChI=1S/C42H76N8O11/c1-21(2)19-27(45-32(52)26(10)44-36(56)30(24(7)8)48-39(59)61-40(11,12)13)33(53)49-41(14,15)37(57)47-29(23(5)6)35(55)43-25(9)31(51)46-28(20-22(3)4)34(54)50-42(16,17)38(58)60-18/h21-30H,19-20H2,1-18H3,(H,43,55)(H,44,56)(H,45,52)(H,46,51)(H,47,57)(H,48,59)(H,49,53)(H,50,54). The third kappa shape index (κ3) is 20.0. The molecular weight excluding hydrogens is 793 g/mol. The molecule has 8 amide bonds. The molecule has 8 N–H and O–H groups in total. The van der Waals surface area contributed by atoms with Gasteiger partial charge in [-0.05, 0) is 98.8 Å². The number of carbonyl (C=O) groups is 9. The summed E-state index contributed by atoms with van der Waals surface area (Å²) < 4.78 is 10.0. The summed E-state index contributed by atoms with van der Waals surface area (Å²) in [7, 11) is 1.19. The van der Waals surface area contributed by atoms with E-state index in [1.807, 2.05) is 27.7 Å². The van der Waals surface area contributed by atoms with Crippen molar-refractivity contribution in [3.63, 3.8) is 0 Å². The number of nitrogens with one attached hydrogen (secondary N) is 8. The summed E-state index contributed by atoms with van der Waals surface area (Å²) in [6.45, 7) is 27.8. The zero-order chi connectivity index (χ0) is 48.0. The predicted octanol–water partition coefficient (Wildman–Crippen LogP) is 1.71. The number of alkyl carbamates (subject to hydrolysis) is 1. The van der Waals surface area contributed by atoms with Crippen LogP contribution in [0.15, 0.2) is 0 Å². The Kier molecular flexibility index (Phi) is 21.9. The van der Waals surface area contributed by atoms with E-state index in [0.29, 0.717) is 0 Å². The lowest BCUT2D eigenvalue weighted by Gasteiger charge is -2.32. The molecule has 0 rings (SSSR count). The molecule has 0 aromatic rings. The predicted molar refractivity (Wildman–Crippen MR) is 229 cm³/mol. The highest BCUT2D eigenvalue weighted by atomic mass is 16.6. The van der Waals surface area contributed by atoms with Crippen LogP contribution in [0, 0.1) is 23.7 Å². The van der Waals surface area contributed by atoms with Crippen LogP contribution >= 0.6 is 0 Å². The van der Waals surface area contributed by atoms with Crippen LogP contribution in [0.1, 0.15) is 131 Å². The maximum Gasteiger partial charge on any atom is 0.408 e. The first-order valence-corrected chi connectivity index (χ1v) is 20.9. The maximum absolute atomic E-state index is 13.7. The maximum atomic E-state index is 13.7. The van der Waals surface area contributed by atoms with Crippen LogP contribution in [-0.2, 0) is 47.8 Å². The minimum Gasteiger partial charge on any atom is -0.467 e. The van der Waals surface area contributed by atoms with Gasteiger partial charge in [-0.3, -0.25) is 33.6 Å². The van der Waals surface area contributed by atoms with Gasteiger partial charge in [0.1, 0.15) is 52.9 Å². The molecule has 0 aliphatic rings. The summed E-state index contributed by atoms with van der Waals surface area (Å²) in [5.74, 6) is -6.39. The minimum atomic E-state index is -1.61. The first kappa shape index (κ1) is 56.0. The van der Waals surface area contributed by atoms with Gasteiger partial charge >= 0.3 is 12.1 Å². The molecule has 0 heterocycles. The van der Waals surface area contributed by atoms with Crippen LogP contribution in [0.5, 0.6) is 0 Å². The molecule has 61 heavy (non-hydrogen) atoms. The summed E-state index contributed by atoms with van der Waals surface area (Å²) in [6, 6.07) is -6.64. The first-order valence-electron chi connectivity index (χ1n) is 20.9. The molecule has 0 saturated carbocycles. The highest BCUT2D eigenvalue weighted by Crippen LogP contribution is 2.14. The Labute approximate surface area is 362 Å². The van der Waals surface area contributed by atoms with E-state index in [9.17, 15) is 43.2 Å². The van der Waals surface area contributed by atoms with Crippen LogP contribution in [0.25, 0.3) is 0 Å². The molecule has 0 saturated heterocycles. The molecule has 0 bridgehead atoms. The van der Waals surface area contributed by atoms with E-state index in [2.05, 4.69) is 42.5 Å². The molecule has 19 heteroatoms. The third-order valence-corrected chi connectivity index (χ3v) is 9.18. The molecular formula is C42H76N8O11. The highest BCUT2D eigenvalue weighted by molar-refractivity contribution is 5.99. The smallest absolute Gasteiger partial charge is 0.408 e. The van der Waals surface area contributed by atoms with E-state index in [-0.39, 0.29) is 30.6 Å². The second-order valence-electron chi connectivity index (χ2n) is 19.1. The second-order valence-corrected chi connectivity index (χ2v) is 19.1. The lowest BCUT2D eigenvalue weighted by atomic mass is 9.97. The zero-order valence-corrected chi connectivity index (χ0v) is 39.7. The molecule has 0 aliphatic carbocycles. The van der Waals surface area contributed by atoms with Crippen LogP contribution in [0.2, 0.25) is 0 Å². The topological polar surface area (TPSA) is 268 Å². The van der Waals surface area contributed by atoms with Crippen molar-refractivity contribution in [2.45, 2.75) is 183 Å². The average molecular weight is 869 g/mol. The highest BCUT2D eigenvalue weighted by Gasteiger charge is 2.38. The Morgan fingerprint density at radius 3 is 1.15 bits per heavy atom. The Bertz CT molecular complexity index is 1570. The van der Waals surface area contributed by atoms with E-state index < -0.39 is 112 Å². The lowest BCUT2D eigenvalue weighted by Crippen LogP contribution is -2.64. The van der Waals surface area contributed by atoms with Gasteiger partial charge in [0.25, 0.3) is 0 Å². The number of rotatable bonds is 22. The molecule has 6 unspecified atom stereocenters. The van der Waals surface area contributed by atoms with Crippen molar-refractivity contribution in [2.24, 2.45) is 23.7 Å². The van der Waals surface area contributed by atoms with Gasteiger partial charge in [-0.1, -0.05) is 55.4 Å². The fourth-order valence-corrected chi connectivity index (χ4v) is 5.72. The lowest BCUT2D eigenvalue weighted by molar-refractivity contribution is -0.149. The van der Waals surface area contributed by atoms with Gasteiger partial charge in [0, 0.05) is 0 Å². The summed E-state index contributed by atoms with van der Waals surface area (Å²) in [4.78, 5) is 118. The second kappa shape index (κ2) is 23.9. The van der Waals surface area contributed by atoms with Crippen molar-refractivity contribution in [2.75, 3.05) is 7.11 Å². The summed E-state index contributed by atoms with van der Waals surface area (Å²) in [5, 5.41) is 20.9. The van der Waals surface area contributed by atoms with Crippen LogP contribution < -0.4 is 42.5 Å². The van der Waals surface area contributed by atoms with Gasteiger partial charge in [-0.2, -0.15) is 0 Å². The molecule has 6 atom stereocenters. The van der Waals surface area contributed by atoms with Crippen LogP contribution in [0.3, 0.4) is 0 Å². The fourth-order valence-electron chi connectivity index (χ4n) is 5.72. The summed E-state index contributed by atoms with van der Waals surface area (Å²) >= 11 is 0. The molecule has 0 aromatic carbocycles. The van der Waals surface area contributed by atoms with E-state index in [1.54, 1.807) is 48.5 Å². The van der Waals surface area contributed by atoms with Crippen molar-refractivity contribution in [3.8, 4) is 0 Å². The molecule has 0 aromatic heterocycles. The van der Waals surface area contributed by atoms with Gasteiger partial charge in [0.05, 0.1) is 7.11 Å². The van der Waals surface area contributed by atoms with Crippen molar-refractivity contribution >= 4 is 53.4 Å². The Balaban J connectivity index is 5.86. The SMILES string of the molecule is COC(=O)C(C)(C)NC(=O)C(CC(C)C)NC(=O)C(C)NC(=O)C(NC(=O)C(C)(C)NC(=O)C(CC(C)C)NC(=O)C(C)NC(=O)C(NC(=O)OC(C)(C)C)C(C)C)C(C)C. The normalized spacial score (nSPS) is 15.0. The number of ether oxygens (including phenoxy) is 2. The largest absolute Gasteiger partial charge is 0.467 e. The zero-order valence-electron chi connectivity index (χ0n) is 39.7. The number of hydrogen-bond donors (Lipinski definition) is 8. The van der Waals surface area contributed by atoms with E-state index in [1.165, 1.54) is 48.7 Å². The number of carbonyl (C=O) groups excluding carboxylic acids is 9. The summed E-state index contributed by atoms with van der Waals surface area (Å²) in [6.07, 6.45) is -0.398.